The third-order valence-corrected chi connectivity index (χ3v) is 4.31. The number of benzene rings is 1. The molecule has 30 heavy (non-hydrogen) atoms. The molecule has 0 aliphatic rings. The summed E-state index contributed by atoms with van der Waals surface area (Å²) >= 11 is 0. The van der Waals surface area contributed by atoms with Crippen molar-refractivity contribution in [2.45, 2.75) is 33.2 Å². The van der Waals surface area contributed by atoms with Crippen molar-refractivity contribution >= 4 is 17.6 Å². The van der Waals surface area contributed by atoms with E-state index in [0.29, 0.717) is 18.8 Å². The first-order valence-electron chi connectivity index (χ1n) is 9.68. The van der Waals surface area contributed by atoms with Crippen LogP contribution in [-0.2, 0) is 23.1 Å². The maximum absolute atomic E-state index is 12.5. The minimum Gasteiger partial charge on any atom is -0.494 e. The second-order valence-corrected chi connectivity index (χ2v) is 7.26. The number of nitrogen functional groups attached to an aromatic ring is 1. The molecular weight excluding hydrogens is 390 g/mol. The van der Waals surface area contributed by atoms with E-state index < -0.39 is 29.6 Å². The van der Waals surface area contributed by atoms with Gasteiger partial charge in [0.15, 0.2) is 6.61 Å². The van der Waals surface area contributed by atoms with Crippen LogP contribution < -0.4 is 21.7 Å². The van der Waals surface area contributed by atoms with Crippen molar-refractivity contribution in [2.24, 2.45) is 13.0 Å². The average Bonchev–Trinajstić information content (AvgIpc) is 2.72. The van der Waals surface area contributed by atoms with E-state index in [1.165, 1.54) is 11.6 Å². The van der Waals surface area contributed by atoms with E-state index in [1.54, 1.807) is 12.1 Å². The van der Waals surface area contributed by atoms with Crippen LogP contribution in [-0.4, -0.2) is 34.1 Å². The molecule has 0 spiro atoms. The Morgan fingerprint density at radius 2 is 1.80 bits per heavy atom. The van der Waals surface area contributed by atoms with Crippen LogP contribution in [0.4, 0.5) is 5.82 Å². The van der Waals surface area contributed by atoms with Gasteiger partial charge in [0.25, 0.3) is 5.56 Å². The van der Waals surface area contributed by atoms with Gasteiger partial charge in [0, 0.05) is 20.0 Å². The maximum atomic E-state index is 12.5. The molecular formula is C21H27N3O6. The smallest absolute Gasteiger partial charge is 0.332 e. The van der Waals surface area contributed by atoms with Crippen molar-refractivity contribution in [1.29, 1.82) is 0 Å². The fraction of sp³-hybridized carbons (Fsp3) is 0.429. The number of carbonyl (C=O) groups excluding carboxylic acids is 2. The molecule has 1 aromatic carbocycles. The molecule has 0 radical (unpaired) electrons. The minimum absolute atomic E-state index is 0.0560. The standard InChI is InChI=1S/C21H27N3O6/c1-14(2)12-24-19(22)18(20(27)23(3)21(24)28)16(25)13-30-17(26)10-7-11-29-15-8-5-4-6-9-15/h4-6,8-9,14H,7,10-13,22H2,1-3H3. The third kappa shape index (κ3) is 5.82. The lowest BCUT2D eigenvalue weighted by molar-refractivity contribution is -0.142. The molecule has 2 N–H and O–H groups in total. The molecule has 2 aromatic rings. The van der Waals surface area contributed by atoms with E-state index in [2.05, 4.69) is 0 Å². The van der Waals surface area contributed by atoms with Gasteiger partial charge in [0.1, 0.15) is 17.1 Å². The zero-order valence-electron chi connectivity index (χ0n) is 17.4. The van der Waals surface area contributed by atoms with Crippen LogP contribution in [0.5, 0.6) is 5.75 Å². The highest BCUT2D eigenvalue weighted by Crippen LogP contribution is 2.10. The summed E-state index contributed by atoms with van der Waals surface area (Å²) in [6.07, 6.45) is 0.464. The van der Waals surface area contributed by atoms with Gasteiger partial charge in [-0.15, -0.1) is 0 Å². The molecule has 0 bridgehead atoms. The lowest BCUT2D eigenvalue weighted by Crippen LogP contribution is -2.43. The Balaban J connectivity index is 1.95. The first-order valence-corrected chi connectivity index (χ1v) is 9.68. The van der Waals surface area contributed by atoms with Crippen molar-refractivity contribution in [3.8, 4) is 5.75 Å². The van der Waals surface area contributed by atoms with Gasteiger partial charge in [-0.2, -0.15) is 0 Å². The molecule has 0 unspecified atom stereocenters. The summed E-state index contributed by atoms with van der Waals surface area (Å²) in [5, 5.41) is 0. The van der Waals surface area contributed by atoms with E-state index in [4.69, 9.17) is 15.2 Å². The number of esters is 1. The SMILES string of the molecule is CC(C)Cn1c(N)c(C(=O)COC(=O)CCCOc2ccccc2)c(=O)n(C)c1=O. The number of aromatic nitrogens is 2. The molecule has 9 nitrogen and oxygen atoms in total. The lowest BCUT2D eigenvalue weighted by atomic mass is 10.1. The summed E-state index contributed by atoms with van der Waals surface area (Å²) in [5.74, 6) is -0.787. The van der Waals surface area contributed by atoms with Crippen LogP contribution in [0.2, 0.25) is 0 Å². The lowest BCUT2D eigenvalue weighted by Gasteiger charge is -2.16. The summed E-state index contributed by atoms with van der Waals surface area (Å²) in [5.41, 5.74) is 4.18. The van der Waals surface area contributed by atoms with E-state index in [1.807, 2.05) is 32.0 Å². The number of carbonyl (C=O) groups is 2. The first-order chi connectivity index (χ1) is 14.2. The molecule has 0 atom stereocenters. The molecule has 0 aliphatic heterocycles. The summed E-state index contributed by atoms with van der Waals surface area (Å²) in [4.78, 5) is 49.0. The number of anilines is 1. The van der Waals surface area contributed by atoms with Gasteiger partial charge in [-0.3, -0.25) is 23.5 Å². The topological polar surface area (TPSA) is 123 Å². The second-order valence-electron chi connectivity index (χ2n) is 7.26. The van der Waals surface area contributed by atoms with Gasteiger partial charge >= 0.3 is 11.7 Å². The number of hydrogen-bond acceptors (Lipinski definition) is 7. The highest BCUT2D eigenvalue weighted by molar-refractivity contribution is 6.01. The van der Waals surface area contributed by atoms with Gasteiger partial charge in [-0.05, 0) is 24.5 Å². The van der Waals surface area contributed by atoms with Gasteiger partial charge in [0.05, 0.1) is 6.61 Å². The van der Waals surface area contributed by atoms with Gasteiger partial charge in [-0.1, -0.05) is 32.0 Å². The molecule has 2 rings (SSSR count). The third-order valence-electron chi connectivity index (χ3n) is 4.31. The van der Waals surface area contributed by atoms with Crippen molar-refractivity contribution < 1.29 is 19.1 Å². The van der Waals surface area contributed by atoms with Crippen LogP contribution >= 0.6 is 0 Å². The normalized spacial score (nSPS) is 10.8. The number of nitrogens with two attached hydrogens (primary N) is 1. The Bertz CT molecular complexity index is 1010. The van der Waals surface area contributed by atoms with Crippen LogP contribution in [0.1, 0.15) is 37.0 Å². The Morgan fingerprint density at radius 3 is 2.43 bits per heavy atom. The number of nitrogens with zero attached hydrogens (tertiary/aromatic N) is 2. The molecule has 1 heterocycles. The highest BCUT2D eigenvalue weighted by Gasteiger charge is 2.22. The number of rotatable bonds is 10. The predicted molar refractivity (Wildman–Crippen MR) is 112 cm³/mol. The van der Waals surface area contributed by atoms with Crippen molar-refractivity contribution in [2.75, 3.05) is 18.9 Å². The zero-order chi connectivity index (χ0) is 22.3. The summed E-state index contributed by atoms with van der Waals surface area (Å²) in [6.45, 7) is 3.70. The Labute approximate surface area is 174 Å². The summed E-state index contributed by atoms with van der Waals surface area (Å²) < 4.78 is 12.5. The molecule has 0 amide bonds. The quantitative estimate of drug-likeness (QED) is 0.352. The Morgan fingerprint density at radius 1 is 1.13 bits per heavy atom. The number of hydrogen-bond donors (Lipinski definition) is 1. The largest absolute Gasteiger partial charge is 0.494 e. The van der Waals surface area contributed by atoms with E-state index in [-0.39, 0.29) is 30.3 Å². The summed E-state index contributed by atoms with van der Waals surface area (Å²) in [6, 6.07) is 9.17. The fourth-order valence-corrected chi connectivity index (χ4v) is 2.80. The monoisotopic (exact) mass is 417 g/mol. The van der Waals surface area contributed by atoms with E-state index >= 15 is 0 Å². The average molecular weight is 417 g/mol. The Kier molecular flexibility index (Phi) is 7.97. The molecule has 0 fully saturated rings. The molecule has 0 aliphatic carbocycles. The van der Waals surface area contributed by atoms with Crippen molar-refractivity contribution in [1.82, 2.24) is 9.13 Å². The molecule has 0 saturated carbocycles. The van der Waals surface area contributed by atoms with E-state index in [9.17, 15) is 19.2 Å². The number of ether oxygens (including phenoxy) is 2. The van der Waals surface area contributed by atoms with Crippen LogP contribution in [0, 0.1) is 5.92 Å². The van der Waals surface area contributed by atoms with Crippen LogP contribution in [0.15, 0.2) is 39.9 Å². The number of ketones is 1. The van der Waals surface area contributed by atoms with Crippen LogP contribution in [0.25, 0.3) is 0 Å². The fourth-order valence-electron chi connectivity index (χ4n) is 2.80. The van der Waals surface area contributed by atoms with Gasteiger partial charge in [0.2, 0.25) is 5.78 Å². The second kappa shape index (κ2) is 10.4. The highest BCUT2D eigenvalue weighted by atomic mass is 16.5. The van der Waals surface area contributed by atoms with E-state index in [0.717, 1.165) is 4.57 Å². The minimum atomic E-state index is -0.810. The molecule has 9 heteroatoms. The Hall–Kier alpha value is -3.36. The zero-order valence-corrected chi connectivity index (χ0v) is 17.4. The van der Waals surface area contributed by atoms with Crippen molar-refractivity contribution in [3.05, 3.63) is 56.7 Å². The van der Waals surface area contributed by atoms with Crippen molar-refractivity contribution in [3.63, 3.8) is 0 Å². The van der Waals surface area contributed by atoms with Gasteiger partial charge < -0.3 is 15.2 Å². The molecule has 0 saturated heterocycles. The number of para-hydroxylation sites is 1. The molecule has 162 valence electrons. The predicted octanol–water partition coefficient (Wildman–Crippen LogP) is 1.37. The first kappa shape index (κ1) is 22.9. The van der Waals surface area contributed by atoms with Crippen LogP contribution in [0.3, 0.4) is 0 Å². The summed E-state index contributed by atoms with van der Waals surface area (Å²) in [7, 11) is 1.27. The van der Waals surface area contributed by atoms with Gasteiger partial charge in [-0.25, -0.2) is 4.79 Å². The molecule has 1 aromatic heterocycles. The number of Topliss-reactive ketones (excluding diaryl/α,β-unsaturated/α-hetero) is 1. The maximum Gasteiger partial charge on any atom is 0.332 e.